The molecule has 9 nitrogen and oxygen atoms in total. The molecule has 3 aromatic carbocycles. The van der Waals surface area contributed by atoms with Crippen LogP contribution in [0.25, 0.3) is 0 Å². The molecule has 11 heteroatoms. The van der Waals surface area contributed by atoms with Crippen LogP contribution in [0.4, 0.5) is 0 Å². The average Bonchev–Trinajstić information content (AvgIpc) is 2.95. The summed E-state index contributed by atoms with van der Waals surface area (Å²) in [6, 6.07) is 23.9. The molecule has 0 saturated carbocycles. The van der Waals surface area contributed by atoms with Gasteiger partial charge in [0.1, 0.15) is 24.9 Å². The Balaban J connectivity index is 1.52. The van der Waals surface area contributed by atoms with Crippen LogP contribution in [0, 0.1) is 6.92 Å². The molecule has 7 atom stereocenters. The van der Waals surface area contributed by atoms with Crippen molar-refractivity contribution in [2.24, 2.45) is 0 Å². The maximum atomic E-state index is 13.5. The Morgan fingerprint density at radius 1 is 0.949 bits per heavy atom. The van der Waals surface area contributed by atoms with Crippen LogP contribution in [0.3, 0.4) is 0 Å². The van der Waals surface area contributed by atoms with E-state index in [0.717, 1.165) is 11.1 Å². The predicted octanol–water partition coefficient (Wildman–Crippen LogP) is 3.31. The molecule has 0 spiro atoms. The van der Waals surface area contributed by atoms with Crippen LogP contribution < -0.4 is 10.0 Å². The number of benzene rings is 3. The summed E-state index contributed by atoms with van der Waals surface area (Å²) < 4.78 is 60.3. The molecule has 0 bridgehead atoms. The molecule has 1 unspecified atom stereocenters. The van der Waals surface area contributed by atoms with E-state index in [-0.39, 0.29) is 11.5 Å². The van der Waals surface area contributed by atoms with Crippen LogP contribution in [-0.4, -0.2) is 64.3 Å². The van der Waals surface area contributed by atoms with E-state index in [1.54, 1.807) is 30.9 Å². The zero-order chi connectivity index (χ0) is 27.6. The molecule has 5 rings (SSSR count). The van der Waals surface area contributed by atoms with Crippen molar-refractivity contribution in [2.75, 3.05) is 20.4 Å². The van der Waals surface area contributed by atoms with Crippen molar-refractivity contribution in [3.63, 3.8) is 0 Å². The van der Waals surface area contributed by atoms with Gasteiger partial charge < -0.3 is 18.9 Å². The highest BCUT2D eigenvalue weighted by Gasteiger charge is 2.56. The van der Waals surface area contributed by atoms with Crippen molar-refractivity contribution in [3.8, 4) is 0 Å². The first-order valence-electron chi connectivity index (χ1n) is 12.6. The van der Waals surface area contributed by atoms with Gasteiger partial charge in [-0.3, -0.25) is 0 Å². The van der Waals surface area contributed by atoms with Crippen LogP contribution in [0.15, 0.2) is 89.8 Å². The third kappa shape index (κ3) is 6.25. The lowest BCUT2D eigenvalue weighted by Crippen LogP contribution is -2.67. The molecule has 2 heterocycles. The minimum absolute atomic E-state index is 0.0866. The average molecular weight is 575 g/mol. The number of sulfonamides is 1. The molecule has 0 aliphatic carbocycles. The van der Waals surface area contributed by atoms with E-state index in [2.05, 4.69) is 4.72 Å². The molecule has 2 aliphatic heterocycles. The minimum atomic E-state index is -4.02. The van der Waals surface area contributed by atoms with Gasteiger partial charge in [0.2, 0.25) is 10.0 Å². The number of hydrogen-bond donors (Lipinski definition) is 2. The first-order chi connectivity index (χ1) is 18.7. The zero-order valence-corrected chi connectivity index (χ0v) is 23.6. The zero-order valence-electron chi connectivity index (χ0n) is 21.9. The Hall–Kier alpha value is -2.24. The molecule has 0 aromatic heterocycles. The maximum Gasteiger partial charge on any atom is 0.301 e. The number of aryl methyl sites for hydroxylation is 1. The highest BCUT2D eigenvalue weighted by atomic mass is 32.2. The van der Waals surface area contributed by atoms with Gasteiger partial charge in [-0.15, -0.1) is 0 Å². The van der Waals surface area contributed by atoms with E-state index >= 15 is 0 Å². The van der Waals surface area contributed by atoms with Crippen LogP contribution >= 0.6 is 7.72 Å². The Morgan fingerprint density at radius 3 is 2.23 bits per heavy atom. The second-order valence-corrected chi connectivity index (χ2v) is 13.9. The highest BCUT2D eigenvalue weighted by molar-refractivity contribution is 7.89. The molecule has 2 N–H and O–H groups in total. The second-order valence-electron chi connectivity index (χ2n) is 9.70. The maximum absolute atomic E-state index is 13.5. The van der Waals surface area contributed by atoms with E-state index in [9.17, 15) is 13.3 Å². The van der Waals surface area contributed by atoms with E-state index < -0.39 is 54.7 Å². The van der Waals surface area contributed by atoms with Crippen LogP contribution in [0.5, 0.6) is 0 Å². The Labute approximate surface area is 229 Å². The molecule has 0 amide bonds. The van der Waals surface area contributed by atoms with E-state index in [1.165, 1.54) is 19.2 Å². The van der Waals surface area contributed by atoms with Crippen LogP contribution in [0.1, 0.15) is 17.4 Å². The fourth-order valence-corrected chi connectivity index (χ4v) is 7.58. The molecular weight excluding hydrogens is 541 g/mol. The monoisotopic (exact) mass is 574 g/mol. The van der Waals surface area contributed by atoms with Gasteiger partial charge in [-0.25, -0.2) is 18.0 Å². The lowest BCUT2D eigenvalue weighted by Gasteiger charge is -2.48. The minimum Gasteiger partial charge on any atom is -0.354 e. The Kier molecular flexibility index (Phi) is 8.49. The largest absolute Gasteiger partial charge is 0.354 e. The fraction of sp³-hybridized carbons (Fsp3) is 0.357. The van der Waals surface area contributed by atoms with Gasteiger partial charge in [-0.2, -0.15) is 4.52 Å². The summed E-state index contributed by atoms with van der Waals surface area (Å²) >= 11 is 0. The normalized spacial score (nSPS) is 28.8. The van der Waals surface area contributed by atoms with E-state index in [4.69, 9.17) is 23.5 Å². The lowest BCUT2D eigenvalue weighted by atomic mass is 9.96. The van der Waals surface area contributed by atoms with Crippen molar-refractivity contribution < 1.29 is 36.8 Å². The molecule has 2 saturated heterocycles. The number of nitrogens with one attached hydrogen (secondary N) is 1. The first kappa shape index (κ1) is 28.3. The van der Waals surface area contributed by atoms with Crippen molar-refractivity contribution >= 4 is 23.0 Å². The topological polar surface area (TPSA) is 113 Å². The highest BCUT2D eigenvalue weighted by Crippen LogP contribution is 2.54. The first-order valence-corrected chi connectivity index (χ1v) is 16.2. The smallest absolute Gasteiger partial charge is 0.301 e. The van der Waals surface area contributed by atoms with Crippen LogP contribution in [-0.2, 0) is 33.5 Å². The third-order valence-corrected chi connectivity index (χ3v) is 10.2. The Morgan fingerprint density at radius 2 is 1.59 bits per heavy atom. The molecule has 0 radical (unpaired) electrons. The summed E-state index contributed by atoms with van der Waals surface area (Å²) in [6.07, 6.45) is -4.15. The van der Waals surface area contributed by atoms with Gasteiger partial charge in [0, 0.05) is 12.7 Å². The van der Waals surface area contributed by atoms with Gasteiger partial charge in [-0.1, -0.05) is 66.2 Å². The second kappa shape index (κ2) is 11.7. The lowest BCUT2D eigenvalue weighted by molar-refractivity contribution is -0.337. The Bertz CT molecular complexity index is 1340. The van der Waals surface area contributed by atoms with Crippen molar-refractivity contribution in [2.45, 2.75) is 48.8 Å². The number of fused-ring (bicyclic) bond motifs is 1. The summed E-state index contributed by atoms with van der Waals surface area (Å²) in [5.41, 5.74) is 1.73. The van der Waals surface area contributed by atoms with E-state index in [1.807, 2.05) is 55.5 Å². The molecule has 2 aliphatic rings. The fourth-order valence-electron chi connectivity index (χ4n) is 4.77. The molecule has 39 heavy (non-hydrogen) atoms. The van der Waals surface area contributed by atoms with Crippen molar-refractivity contribution in [1.29, 1.82) is 0 Å². The van der Waals surface area contributed by atoms with Gasteiger partial charge in [0.25, 0.3) is 0 Å². The summed E-state index contributed by atoms with van der Waals surface area (Å²) in [4.78, 5) is 11.7. The van der Waals surface area contributed by atoms with Gasteiger partial charge >= 0.3 is 7.72 Å². The standard InChI is InChI=1S/C28H33NO8PS/c1-19-14-16-22(17-15-19)39(31,32)29-24-26(37-38(3,30)21-12-8-5-9-13-21)25-23(35-28(24)33-2)18-34-27(36-25)20-10-6-4-7-11-20/h4-17,23-30H,18H2,1-3H3/q+1/t23-,24-,25-,26-,27-,28+,38?/m1/s1. The number of rotatable bonds is 8. The summed E-state index contributed by atoms with van der Waals surface area (Å²) in [5.74, 6) is 0. The summed E-state index contributed by atoms with van der Waals surface area (Å²) in [5, 5.41) is 0.605. The van der Waals surface area contributed by atoms with Gasteiger partial charge in [0.05, 0.1) is 11.5 Å². The quantitative estimate of drug-likeness (QED) is 0.394. The summed E-state index contributed by atoms with van der Waals surface area (Å²) in [6.45, 7) is 3.66. The molecule has 208 valence electrons. The van der Waals surface area contributed by atoms with Gasteiger partial charge in [-0.05, 0) is 31.2 Å². The molecular formula is C28H33NO8PS+. The summed E-state index contributed by atoms with van der Waals surface area (Å²) in [7, 11) is -5.80. The predicted molar refractivity (Wildman–Crippen MR) is 147 cm³/mol. The number of ether oxygens (including phenoxy) is 4. The third-order valence-electron chi connectivity index (χ3n) is 6.83. The van der Waals surface area contributed by atoms with Gasteiger partial charge in [0.15, 0.2) is 24.0 Å². The SMILES string of the molecule is CO[C@H]1O[C@@H]2CO[C@@H](c3ccccc3)O[C@H]2[C@H](O[P+](C)(O)c2ccccc2)[C@H]1NS(=O)(=O)c1ccc(C)cc1. The number of methoxy groups -OCH3 is 1. The van der Waals surface area contributed by atoms with Crippen LogP contribution in [0.2, 0.25) is 0 Å². The number of hydrogen-bond acceptors (Lipinski definition) is 8. The molecule has 3 aromatic rings. The van der Waals surface area contributed by atoms with Crippen molar-refractivity contribution in [3.05, 3.63) is 96.1 Å². The molecule has 2 fully saturated rings. The van der Waals surface area contributed by atoms with E-state index in [0.29, 0.717) is 5.30 Å². The van der Waals surface area contributed by atoms with Crippen molar-refractivity contribution in [1.82, 2.24) is 4.72 Å².